The van der Waals surface area contributed by atoms with Gasteiger partial charge in [-0.15, -0.1) is 0 Å². The lowest BCUT2D eigenvalue weighted by Gasteiger charge is -2.35. The van der Waals surface area contributed by atoms with Gasteiger partial charge in [-0.1, -0.05) is 57.2 Å². The van der Waals surface area contributed by atoms with E-state index in [1.54, 1.807) is 6.08 Å². The smallest absolute Gasteiger partial charge is 0.0580 e. The molecule has 20 heavy (non-hydrogen) atoms. The molecule has 0 aromatic carbocycles. The Morgan fingerprint density at radius 3 is 2.65 bits per heavy atom. The molecule has 0 spiro atoms. The van der Waals surface area contributed by atoms with E-state index in [9.17, 15) is 0 Å². The molecule has 3 atom stereocenters. The summed E-state index contributed by atoms with van der Waals surface area (Å²) in [6.45, 7) is 13.7. The van der Waals surface area contributed by atoms with Crippen LogP contribution < -0.4 is 0 Å². The lowest BCUT2D eigenvalue weighted by atomic mass is 9.75. The van der Waals surface area contributed by atoms with Gasteiger partial charge < -0.3 is 4.74 Å². The topological polar surface area (TPSA) is 9.23 Å². The third-order valence-corrected chi connectivity index (χ3v) is 4.36. The van der Waals surface area contributed by atoms with Crippen LogP contribution in [0.15, 0.2) is 36.5 Å². The number of hydrogen-bond donors (Lipinski definition) is 0. The average molecular weight is 276 g/mol. The van der Waals surface area contributed by atoms with Gasteiger partial charge in [0.05, 0.1) is 12.7 Å². The van der Waals surface area contributed by atoms with Crippen molar-refractivity contribution in [3.8, 4) is 0 Å². The third kappa shape index (κ3) is 6.56. The van der Waals surface area contributed by atoms with Crippen molar-refractivity contribution in [3.05, 3.63) is 36.5 Å². The number of hydrogen-bond acceptors (Lipinski definition) is 1. The van der Waals surface area contributed by atoms with Crippen LogP contribution in [0.4, 0.5) is 0 Å². The Morgan fingerprint density at radius 2 is 2.00 bits per heavy atom. The minimum atomic E-state index is 0.475. The molecule has 1 fully saturated rings. The fraction of sp³-hybridized carbons (Fsp3) is 0.684. The van der Waals surface area contributed by atoms with E-state index in [1.807, 2.05) is 12.2 Å². The predicted octanol–water partition coefficient (Wildman–Crippen LogP) is 5.54. The highest BCUT2D eigenvalue weighted by atomic mass is 16.5. The van der Waals surface area contributed by atoms with E-state index in [2.05, 4.69) is 40.3 Å². The Bertz CT molecular complexity index is 338. The minimum absolute atomic E-state index is 0.475. The summed E-state index contributed by atoms with van der Waals surface area (Å²) in [6.07, 6.45) is 13.3. The molecule has 1 heteroatoms. The average Bonchev–Trinajstić information content (AvgIpc) is 2.38. The molecule has 1 rings (SSSR count). The maximum absolute atomic E-state index is 6.13. The second kappa shape index (κ2) is 9.18. The largest absolute Gasteiger partial charge is 0.378 e. The standard InChI is InChI=1S/C19H32O/c1-6-7-8-9-16(4)10-11-20-19-13-17(5)12-18(14-19)15(2)3/h6-9,15,17-19H,1,10-14H2,2-5H3/b8-7-,16-9-. The predicted molar refractivity (Wildman–Crippen MR) is 88.8 cm³/mol. The van der Waals surface area contributed by atoms with Crippen LogP contribution in [-0.4, -0.2) is 12.7 Å². The zero-order valence-electron chi connectivity index (χ0n) is 13.8. The molecule has 0 aromatic heterocycles. The lowest BCUT2D eigenvalue weighted by molar-refractivity contribution is -0.00817. The van der Waals surface area contributed by atoms with Crippen LogP contribution in [0.25, 0.3) is 0 Å². The summed E-state index contributed by atoms with van der Waals surface area (Å²) in [5, 5.41) is 0. The highest BCUT2D eigenvalue weighted by Crippen LogP contribution is 2.35. The molecule has 0 saturated heterocycles. The van der Waals surface area contributed by atoms with Crippen LogP contribution in [0.3, 0.4) is 0 Å². The first-order valence-corrected chi connectivity index (χ1v) is 8.09. The zero-order valence-corrected chi connectivity index (χ0v) is 13.8. The second-order valence-electron chi connectivity index (χ2n) is 6.69. The van der Waals surface area contributed by atoms with Crippen LogP contribution in [0.2, 0.25) is 0 Å². The molecule has 0 N–H and O–H groups in total. The molecule has 0 amide bonds. The van der Waals surface area contributed by atoms with Gasteiger partial charge in [0.25, 0.3) is 0 Å². The van der Waals surface area contributed by atoms with Gasteiger partial charge in [-0.3, -0.25) is 0 Å². The van der Waals surface area contributed by atoms with Gasteiger partial charge in [0, 0.05) is 0 Å². The van der Waals surface area contributed by atoms with Crippen LogP contribution in [0, 0.1) is 17.8 Å². The molecule has 0 bridgehead atoms. The summed E-state index contributed by atoms with van der Waals surface area (Å²) in [4.78, 5) is 0. The highest BCUT2D eigenvalue weighted by Gasteiger charge is 2.28. The van der Waals surface area contributed by atoms with Gasteiger partial charge in [0.2, 0.25) is 0 Å². The van der Waals surface area contributed by atoms with Gasteiger partial charge in [0.15, 0.2) is 0 Å². The van der Waals surface area contributed by atoms with E-state index in [1.165, 1.54) is 24.8 Å². The van der Waals surface area contributed by atoms with Crippen LogP contribution >= 0.6 is 0 Å². The molecule has 1 aliphatic rings. The van der Waals surface area contributed by atoms with Crippen LogP contribution in [-0.2, 0) is 4.74 Å². The fourth-order valence-electron chi connectivity index (χ4n) is 3.04. The molecule has 1 nitrogen and oxygen atoms in total. The van der Waals surface area contributed by atoms with Crippen LogP contribution in [0.1, 0.15) is 53.4 Å². The van der Waals surface area contributed by atoms with Crippen molar-refractivity contribution < 1.29 is 4.74 Å². The molecule has 0 radical (unpaired) electrons. The van der Waals surface area contributed by atoms with E-state index >= 15 is 0 Å². The lowest BCUT2D eigenvalue weighted by Crippen LogP contribution is -2.30. The highest BCUT2D eigenvalue weighted by molar-refractivity contribution is 5.14. The molecular formula is C19H32O. The SMILES string of the molecule is C=C/C=C\C=C(\C)CCOC1CC(C)CC(C(C)C)C1. The summed E-state index contributed by atoms with van der Waals surface area (Å²) < 4.78 is 6.13. The van der Waals surface area contributed by atoms with E-state index in [-0.39, 0.29) is 0 Å². The molecule has 1 aliphatic carbocycles. The summed E-state index contributed by atoms with van der Waals surface area (Å²) in [5.74, 6) is 2.44. The fourth-order valence-corrected chi connectivity index (χ4v) is 3.04. The van der Waals surface area contributed by atoms with Gasteiger partial charge in [-0.25, -0.2) is 0 Å². The summed E-state index contributed by atoms with van der Waals surface area (Å²) in [6, 6.07) is 0. The Labute approximate surface area is 125 Å². The first-order chi connectivity index (χ1) is 9.52. The van der Waals surface area contributed by atoms with E-state index in [4.69, 9.17) is 4.74 Å². The minimum Gasteiger partial charge on any atom is -0.378 e. The van der Waals surface area contributed by atoms with Crippen molar-refractivity contribution in [2.24, 2.45) is 17.8 Å². The monoisotopic (exact) mass is 276 g/mol. The summed E-state index contributed by atoms with van der Waals surface area (Å²) in [5.41, 5.74) is 1.37. The molecule has 3 unspecified atom stereocenters. The van der Waals surface area contributed by atoms with Gasteiger partial charge in [0.1, 0.15) is 0 Å². The molecule has 0 aliphatic heterocycles. The van der Waals surface area contributed by atoms with Gasteiger partial charge in [-0.05, 0) is 50.4 Å². The zero-order chi connectivity index (χ0) is 15.0. The number of allylic oxidation sites excluding steroid dienone is 4. The maximum Gasteiger partial charge on any atom is 0.0580 e. The summed E-state index contributed by atoms with van der Waals surface area (Å²) in [7, 11) is 0. The molecule has 0 heterocycles. The van der Waals surface area contributed by atoms with Gasteiger partial charge in [-0.2, -0.15) is 0 Å². The molecule has 114 valence electrons. The number of rotatable bonds is 7. The first kappa shape index (κ1) is 17.2. The molecule has 0 aromatic rings. The van der Waals surface area contributed by atoms with Crippen molar-refractivity contribution in [1.82, 2.24) is 0 Å². The Hall–Kier alpha value is -0.820. The molecular weight excluding hydrogens is 244 g/mol. The Balaban J connectivity index is 2.32. The van der Waals surface area contributed by atoms with Crippen molar-refractivity contribution in [2.75, 3.05) is 6.61 Å². The van der Waals surface area contributed by atoms with Crippen LogP contribution in [0.5, 0.6) is 0 Å². The van der Waals surface area contributed by atoms with E-state index in [0.717, 1.165) is 30.8 Å². The van der Waals surface area contributed by atoms with Crippen molar-refractivity contribution in [2.45, 2.75) is 59.5 Å². The first-order valence-electron chi connectivity index (χ1n) is 8.09. The quantitative estimate of drug-likeness (QED) is 0.554. The second-order valence-corrected chi connectivity index (χ2v) is 6.69. The normalized spacial score (nSPS) is 28.2. The van der Waals surface area contributed by atoms with Gasteiger partial charge >= 0.3 is 0 Å². The van der Waals surface area contributed by atoms with Crippen molar-refractivity contribution in [1.29, 1.82) is 0 Å². The van der Waals surface area contributed by atoms with E-state index < -0.39 is 0 Å². The van der Waals surface area contributed by atoms with E-state index in [0.29, 0.717) is 6.10 Å². The Kier molecular flexibility index (Phi) is 7.91. The van der Waals surface area contributed by atoms with Crippen molar-refractivity contribution in [3.63, 3.8) is 0 Å². The molecule has 1 saturated carbocycles. The summed E-state index contributed by atoms with van der Waals surface area (Å²) >= 11 is 0. The third-order valence-electron chi connectivity index (χ3n) is 4.36. The maximum atomic E-state index is 6.13. The number of ether oxygens (including phenoxy) is 1. The Morgan fingerprint density at radius 1 is 1.25 bits per heavy atom. The van der Waals surface area contributed by atoms with Crippen molar-refractivity contribution >= 4 is 0 Å².